The number of ketones is 1. The smallest absolute Gasteiger partial charge is 0.289 e. The molecule has 108 valence electrons. The Labute approximate surface area is 120 Å². The molecule has 0 N–H and O–H groups in total. The number of rotatable bonds is 3. The van der Waals surface area contributed by atoms with E-state index in [-0.39, 0.29) is 5.56 Å². The van der Waals surface area contributed by atoms with Crippen molar-refractivity contribution in [3.8, 4) is 0 Å². The highest BCUT2D eigenvalue weighted by molar-refractivity contribution is 6.07. The molecule has 1 saturated carbocycles. The van der Waals surface area contributed by atoms with E-state index in [0.29, 0.717) is 12.8 Å². The molecule has 0 heterocycles. The van der Waals surface area contributed by atoms with Gasteiger partial charge in [-0.3, -0.25) is 4.79 Å². The number of benzene rings is 2. The molecule has 0 radical (unpaired) electrons. The minimum Gasteiger partial charge on any atom is -0.289 e. The second kappa shape index (κ2) is 5.02. The number of allylic oxidation sites excluding steroid dienone is 2. The largest absolute Gasteiger partial charge is 0.413 e. The van der Waals surface area contributed by atoms with Crippen LogP contribution in [0.2, 0.25) is 0 Å². The van der Waals surface area contributed by atoms with Gasteiger partial charge in [-0.2, -0.15) is 13.2 Å². The normalized spacial score (nSPS) is 16.2. The molecule has 0 bridgehead atoms. The van der Waals surface area contributed by atoms with Crippen LogP contribution in [0.4, 0.5) is 13.2 Å². The fraction of sp³-hybridized carbons (Fsp3) is 0.235. The molecule has 0 aromatic heterocycles. The Hall–Kier alpha value is -2.10. The molecular formula is C17H13F3O. The average Bonchev–Trinajstić information content (AvgIpc) is 3.27. The standard InChI is InChI=1S/C17H13F3O/c18-17(19,20)15(12-6-7-12)10-16(21)14-8-5-11-3-1-2-4-13(11)9-14/h1-5,8-10,12H,6-7H2/b15-10+. The lowest BCUT2D eigenvalue weighted by Crippen LogP contribution is -2.15. The zero-order chi connectivity index (χ0) is 15.0. The molecule has 1 aliphatic rings. The van der Waals surface area contributed by atoms with Crippen molar-refractivity contribution in [3.05, 3.63) is 59.7 Å². The SMILES string of the molecule is O=C(/C=C(\C1CC1)C(F)(F)F)c1ccc2ccccc2c1. The van der Waals surface area contributed by atoms with Gasteiger partial charge in [0.1, 0.15) is 0 Å². The minimum absolute atomic E-state index is 0.288. The summed E-state index contributed by atoms with van der Waals surface area (Å²) in [6.45, 7) is 0. The first-order chi connectivity index (χ1) is 9.95. The molecule has 0 aliphatic heterocycles. The molecule has 1 nitrogen and oxygen atoms in total. The summed E-state index contributed by atoms with van der Waals surface area (Å²) < 4.78 is 38.8. The lowest BCUT2D eigenvalue weighted by Gasteiger charge is -2.10. The van der Waals surface area contributed by atoms with Crippen molar-refractivity contribution in [3.63, 3.8) is 0 Å². The van der Waals surface area contributed by atoms with Crippen molar-refractivity contribution in [1.82, 2.24) is 0 Å². The van der Waals surface area contributed by atoms with Gasteiger partial charge in [0.2, 0.25) is 0 Å². The van der Waals surface area contributed by atoms with Crippen LogP contribution in [-0.2, 0) is 0 Å². The van der Waals surface area contributed by atoms with E-state index in [9.17, 15) is 18.0 Å². The summed E-state index contributed by atoms with van der Waals surface area (Å²) in [4.78, 5) is 12.1. The summed E-state index contributed by atoms with van der Waals surface area (Å²) in [6, 6.07) is 12.4. The fourth-order valence-electron chi connectivity index (χ4n) is 2.39. The Kier molecular flexibility index (Phi) is 3.32. The number of hydrogen-bond acceptors (Lipinski definition) is 1. The van der Waals surface area contributed by atoms with E-state index in [1.807, 2.05) is 24.3 Å². The molecule has 0 saturated heterocycles. The molecule has 0 atom stereocenters. The Morgan fingerprint density at radius 3 is 2.33 bits per heavy atom. The van der Waals surface area contributed by atoms with Crippen LogP contribution in [0.3, 0.4) is 0 Å². The third kappa shape index (κ3) is 2.99. The van der Waals surface area contributed by atoms with Crippen LogP contribution in [0.25, 0.3) is 10.8 Å². The average molecular weight is 290 g/mol. The number of fused-ring (bicyclic) bond motifs is 1. The van der Waals surface area contributed by atoms with E-state index in [1.54, 1.807) is 18.2 Å². The molecule has 1 aliphatic carbocycles. The van der Waals surface area contributed by atoms with E-state index in [2.05, 4.69) is 0 Å². The van der Waals surface area contributed by atoms with Crippen molar-refractivity contribution < 1.29 is 18.0 Å². The summed E-state index contributed by atoms with van der Waals surface area (Å²) >= 11 is 0. The highest BCUT2D eigenvalue weighted by Gasteiger charge is 2.43. The van der Waals surface area contributed by atoms with Gasteiger partial charge in [0.05, 0.1) is 0 Å². The minimum atomic E-state index is -4.42. The maximum atomic E-state index is 12.9. The lowest BCUT2D eigenvalue weighted by atomic mass is 10.0. The predicted octanol–water partition coefficient (Wildman–Crippen LogP) is 4.92. The van der Waals surface area contributed by atoms with Crippen LogP contribution in [-0.4, -0.2) is 12.0 Å². The van der Waals surface area contributed by atoms with Crippen LogP contribution >= 0.6 is 0 Å². The molecule has 21 heavy (non-hydrogen) atoms. The van der Waals surface area contributed by atoms with Gasteiger partial charge < -0.3 is 0 Å². The molecule has 0 unspecified atom stereocenters. The summed E-state index contributed by atoms with van der Waals surface area (Å²) in [6.07, 6.45) is -2.64. The first-order valence-corrected chi connectivity index (χ1v) is 6.77. The molecule has 4 heteroatoms. The third-order valence-corrected chi connectivity index (χ3v) is 3.67. The topological polar surface area (TPSA) is 17.1 Å². The lowest BCUT2D eigenvalue weighted by molar-refractivity contribution is -0.0955. The van der Waals surface area contributed by atoms with Crippen molar-refractivity contribution in [2.45, 2.75) is 19.0 Å². The van der Waals surface area contributed by atoms with Crippen LogP contribution in [0.15, 0.2) is 54.1 Å². The molecule has 1 fully saturated rings. The van der Waals surface area contributed by atoms with Crippen LogP contribution in [0, 0.1) is 5.92 Å². The highest BCUT2D eigenvalue weighted by atomic mass is 19.4. The molecular weight excluding hydrogens is 277 g/mol. The second-order valence-electron chi connectivity index (χ2n) is 5.30. The fourth-order valence-corrected chi connectivity index (χ4v) is 2.39. The van der Waals surface area contributed by atoms with E-state index >= 15 is 0 Å². The number of hydrogen-bond donors (Lipinski definition) is 0. The monoisotopic (exact) mass is 290 g/mol. The molecule has 3 rings (SSSR count). The number of carbonyl (C=O) groups is 1. The predicted molar refractivity (Wildman–Crippen MR) is 75.1 cm³/mol. The van der Waals surface area contributed by atoms with E-state index in [4.69, 9.17) is 0 Å². The van der Waals surface area contributed by atoms with Gasteiger partial charge in [-0.05, 0) is 41.7 Å². The first kappa shape index (κ1) is 13.9. The number of carbonyl (C=O) groups excluding carboxylic acids is 1. The summed E-state index contributed by atoms with van der Waals surface area (Å²) in [7, 11) is 0. The van der Waals surface area contributed by atoms with Crippen LogP contribution < -0.4 is 0 Å². The van der Waals surface area contributed by atoms with Gasteiger partial charge in [0.15, 0.2) is 5.78 Å². The van der Waals surface area contributed by atoms with E-state index < -0.39 is 23.5 Å². The van der Waals surface area contributed by atoms with Gasteiger partial charge in [-0.1, -0.05) is 36.4 Å². The quantitative estimate of drug-likeness (QED) is 0.579. The highest BCUT2D eigenvalue weighted by Crippen LogP contribution is 2.44. The van der Waals surface area contributed by atoms with E-state index in [1.165, 1.54) is 0 Å². The van der Waals surface area contributed by atoms with Gasteiger partial charge in [0.25, 0.3) is 0 Å². The molecule has 0 spiro atoms. The zero-order valence-corrected chi connectivity index (χ0v) is 11.2. The Balaban J connectivity index is 1.96. The van der Waals surface area contributed by atoms with Crippen LogP contribution in [0.5, 0.6) is 0 Å². The maximum absolute atomic E-state index is 12.9. The summed E-state index contributed by atoms with van der Waals surface area (Å²) in [5.41, 5.74) is -0.406. The van der Waals surface area contributed by atoms with Crippen molar-refractivity contribution >= 4 is 16.6 Å². The summed E-state index contributed by atoms with van der Waals surface area (Å²) in [5, 5.41) is 1.80. The van der Waals surface area contributed by atoms with Gasteiger partial charge in [-0.25, -0.2) is 0 Å². The number of alkyl halides is 3. The zero-order valence-electron chi connectivity index (χ0n) is 11.2. The first-order valence-electron chi connectivity index (χ1n) is 6.77. The third-order valence-electron chi connectivity index (χ3n) is 3.67. The maximum Gasteiger partial charge on any atom is 0.413 e. The van der Waals surface area contributed by atoms with Crippen molar-refractivity contribution in [2.75, 3.05) is 0 Å². The van der Waals surface area contributed by atoms with Gasteiger partial charge in [-0.15, -0.1) is 0 Å². The Morgan fingerprint density at radius 2 is 1.71 bits per heavy atom. The molecule has 0 amide bonds. The Morgan fingerprint density at radius 1 is 1.05 bits per heavy atom. The van der Waals surface area contributed by atoms with Crippen molar-refractivity contribution in [1.29, 1.82) is 0 Å². The van der Waals surface area contributed by atoms with Gasteiger partial charge in [0, 0.05) is 11.1 Å². The van der Waals surface area contributed by atoms with Crippen LogP contribution in [0.1, 0.15) is 23.2 Å². The molecule has 2 aromatic carbocycles. The summed E-state index contributed by atoms with van der Waals surface area (Å²) in [5.74, 6) is -1.09. The van der Waals surface area contributed by atoms with Gasteiger partial charge >= 0.3 is 6.18 Å². The van der Waals surface area contributed by atoms with E-state index in [0.717, 1.165) is 16.8 Å². The number of halogens is 3. The second-order valence-corrected chi connectivity index (χ2v) is 5.30. The molecule has 2 aromatic rings. The Bertz CT molecular complexity index is 724. The van der Waals surface area contributed by atoms with Crippen molar-refractivity contribution in [2.24, 2.45) is 5.92 Å².